The molecule has 0 fully saturated rings. The number of aryl methyl sites for hydroxylation is 1. The zero-order chi connectivity index (χ0) is 11.1. The van der Waals surface area contributed by atoms with Gasteiger partial charge in [0.05, 0.1) is 0 Å². The minimum atomic E-state index is 0.530. The molecule has 15 heavy (non-hydrogen) atoms. The van der Waals surface area contributed by atoms with Gasteiger partial charge in [0.25, 0.3) is 0 Å². The number of pyridine rings is 1. The molecule has 0 bridgehead atoms. The van der Waals surface area contributed by atoms with Crippen LogP contribution in [0.1, 0.15) is 6.92 Å². The van der Waals surface area contributed by atoms with Gasteiger partial charge in [0.2, 0.25) is 5.52 Å². The molecule has 0 aliphatic rings. The quantitative estimate of drug-likeness (QED) is 0.376. The molecule has 0 aliphatic heterocycles. The molecular weight excluding hydrogens is 527 g/mol. The molecular formula is C11H12I3N. The number of hydrogen-bond donors (Lipinski definition) is 0. The third-order valence-corrected chi connectivity index (χ3v) is 2.13. The SMILES string of the molecule is CC[n+]1cccc2ccccc21.I[I-]I. The Kier molecular flexibility index (Phi) is 7.40. The Morgan fingerprint density at radius 1 is 1.13 bits per heavy atom. The zero-order valence-electron chi connectivity index (χ0n) is 8.33. The van der Waals surface area contributed by atoms with E-state index in [0.717, 1.165) is 6.54 Å². The van der Waals surface area contributed by atoms with Crippen molar-refractivity contribution in [1.29, 1.82) is 0 Å². The van der Waals surface area contributed by atoms with E-state index in [1.54, 1.807) is 0 Å². The van der Waals surface area contributed by atoms with E-state index in [-0.39, 0.29) is 0 Å². The number of para-hydroxylation sites is 1. The summed E-state index contributed by atoms with van der Waals surface area (Å²) in [5.41, 5.74) is 1.31. The molecule has 0 atom stereocenters. The van der Waals surface area contributed by atoms with Gasteiger partial charge in [-0.15, -0.1) is 0 Å². The fourth-order valence-corrected chi connectivity index (χ4v) is 1.50. The van der Waals surface area contributed by atoms with Crippen LogP contribution in [0.25, 0.3) is 10.9 Å². The van der Waals surface area contributed by atoms with Crippen LogP contribution in [0.5, 0.6) is 0 Å². The number of benzene rings is 1. The first-order valence-corrected chi connectivity index (χ1v) is 17.1. The van der Waals surface area contributed by atoms with Gasteiger partial charge in [0.1, 0.15) is 6.54 Å². The molecule has 0 N–H and O–H groups in total. The molecule has 1 aromatic carbocycles. The van der Waals surface area contributed by atoms with Crippen molar-refractivity contribution >= 4 is 48.1 Å². The van der Waals surface area contributed by atoms with Gasteiger partial charge in [-0.25, -0.2) is 0 Å². The van der Waals surface area contributed by atoms with Crippen LogP contribution in [0.2, 0.25) is 0 Å². The van der Waals surface area contributed by atoms with Gasteiger partial charge in [-0.1, -0.05) is 12.1 Å². The first-order chi connectivity index (χ1) is 7.33. The van der Waals surface area contributed by atoms with E-state index in [2.05, 4.69) is 91.3 Å². The van der Waals surface area contributed by atoms with Crippen LogP contribution in [-0.2, 0) is 6.54 Å². The van der Waals surface area contributed by atoms with Crippen LogP contribution in [0, 0.1) is 0 Å². The number of rotatable bonds is 1. The molecule has 0 spiro atoms. The van der Waals surface area contributed by atoms with Crippen molar-refractivity contribution < 1.29 is 17.8 Å². The van der Waals surface area contributed by atoms with Gasteiger partial charge in [0.15, 0.2) is 6.20 Å². The summed E-state index contributed by atoms with van der Waals surface area (Å²) in [4.78, 5) is 0. The van der Waals surface area contributed by atoms with Gasteiger partial charge in [0, 0.05) is 17.5 Å². The average molecular weight is 539 g/mol. The Morgan fingerprint density at radius 2 is 1.73 bits per heavy atom. The Morgan fingerprint density at radius 3 is 2.40 bits per heavy atom. The van der Waals surface area contributed by atoms with Crippen molar-refractivity contribution in [3.63, 3.8) is 0 Å². The van der Waals surface area contributed by atoms with E-state index >= 15 is 0 Å². The molecule has 2 rings (SSSR count). The Hall–Kier alpha value is 0.820. The fourth-order valence-electron chi connectivity index (χ4n) is 1.50. The zero-order valence-corrected chi connectivity index (χ0v) is 14.8. The molecule has 0 unspecified atom stereocenters. The van der Waals surface area contributed by atoms with Crippen LogP contribution in [0.4, 0.5) is 0 Å². The van der Waals surface area contributed by atoms with Crippen molar-refractivity contribution in [2.45, 2.75) is 13.5 Å². The average Bonchev–Trinajstić information content (AvgIpc) is 2.29. The number of nitrogens with zero attached hydrogens (tertiary/aromatic N) is 1. The van der Waals surface area contributed by atoms with Crippen molar-refractivity contribution in [2.24, 2.45) is 0 Å². The van der Waals surface area contributed by atoms with Crippen LogP contribution in [0.3, 0.4) is 0 Å². The second kappa shape index (κ2) is 7.99. The van der Waals surface area contributed by atoms with E-state index in [1.807, 2.05) is 0 Å². The maximum absolute atomic E-state index is 2.39. The summed E-state index contributed by atoms with van der Waals surface area (Å²) < 4.78 is 2.25. The van der Waals surface area contributed by atoms with E-state index in [1.165, 1.54) is 10.9 Å². The second-order valence-electron chi connectivity index (χ2n) is 2.91. The molecule has 2 aromatic rings. The topological polar surface area (TPSA) is 3.88 Å². The summed E-state index contributed by atoms with van der Waals surface area (Å²) in [7, 11) is 0. The molecule has 82 valence electrons. The fraction of sp³-hybridized carbons (Fsp3) is 0.182. The van der Waals surface area contributed by atoms with Gasteiger partial charge in [-0.05, 0) is 19.1 Å². The van der Waals surface area contributed by atoms with Crippen molar-refractivity contribution in [1.82, 2.24) is 0 Å². The standard InChI is InChI=1S/C11H12N.I3/c1-2-12-9-5-7-10-6-3-4-8-11(10)12;1-3-2/h3-9H,2H2,1H3;/q+1;-1. The monoisotopic (exact) mass is 539 g/mol. The van der Waals surface area contributed by atoms with E-state index in [9.17, 15) is 0 Å². The maximum atomic E-state index is 2.39. The predicted molar refractivity (Wildman–Crippen MR) is 77.9 cm³/mol. The summed E-state index contributed by atoms with van der Waals surface area (Å²) in [5, 5.41) is 1.31. The molecule has 0 radical (unpaired) electrons. The number of halogens is 3. The molecule has 0 amide bonds. The van der Waals surface area contributed by atoms with Gasteiger partial charge in [-0.3, -0.25) is 0 Å². The van der Waals surface area contributed by atoms with Crippen LogP contribution in [-0.4, -0.2) is 0 Å². The molecule has 0 saturated heterocycles. The number of fused-ring (bicyclic) bond motifs is 1. The molecule has 1 nitrogen and oxygen atoms in total. The summed E-state index contributed by atoms with van der Waals surface area (Å²) in [5.74, 6) is 0. The molecule has 0 saturated carbocycles. The summed E-state index contributed by atoms with van der Waals surface area (Å²) >= 11 is 5.30. The summed E-state index contributed by atoms with van der Waals surface area (Å²) in [6.07, 6.45) is 2.11. The van der Waals surface area contributed by atoms with Crippen molar-refractivity contribution in [3.8, 4) is 0 Å². The third-order valence-electron chi connectivity index (χ3n) is 2.13. The number of hydrogen-bond acceptors (Lipinski definition) is 0. The Labute approximate surface area is 120 Å². The van der Waals surface area contributed by atoms with Crippen LogP contribution < -0.4 is 17.8 Å². The van der Waals surface area contributed by atoms with Crippen LogP contribution in [0.15, 0.2) is 42.6 Å². The summed E-state index contributed by atoms with van der Waals surface area (Å²) in [6.45, 7) is 3.19. The Balaban J connectivity index is 0.000000337. The Bertz CT molecular complexity index is 412. The van der Waals surface area contributed by atoms with E-state index < -0.39 is 0 Å². The van der Waals surface area contributed by atoms with Crippen molar-refractivity contribution in [2.75, 3.05) is 0 Å². The minimum absolute atomic E-state index is 0.530. The van der Waals surface area contributed by atoms with Gasteiger partial charge >= 0.3 is 50.5 Å². The first-order valence-electron chi connectivity index (χ1n) is 4.57. The van der Waals surface area contributed by atoms with Gasteiger partial charge < -0.3 is 0 Å². The normalized spacial score (nSPS) is 9.80. The first kappa shape index (κ1) is 13.9. The van der Waals surface area contributed by atoms with Gasteiger partial charge in [-0.2, -0.15) is 4.57 Å². The van der Waals surface area contributed by atoms with Crippen LogP contribution >= 0.6 is 37.2 Å². The predicted octanol–water partition coefficient (Wildman–Crippen LogP) is 0.923. The molecule has 0 aliphatic carbocycles. The van der Waals surface area contributed by atoms with E-state index in [0.29, 0.717) is 13.3 Å². The molecule has 1 aromatic heterocycles. The summed E-state index contributed by atoms with van der Waals surface area (Å²) in [6, 6.07) is 12.7. The number of aromatic nitrogens is 1. The molecule has 4 heteroatoms. The van der Waals surface area contributed by atoms with E-state index in [4.69, 9.17) is 0 Å². The third kappa shape index (κ3) is 4.29. The molecule has 1 heterocycles. The second-order valence-corrected chi connectivity index (χ2v) is 19.2. The van der Waals surface area contributed by atoms with Crippen molar-refractivity contribution in [3.05, 3.63) is 42.6 Å².